The zero-order valence-corrected chi connectivity index (χ0v) is 13.4. The van der Waals surface area contributed by atoms with Crippen LogP contribution in [0.3, 0.4) is 0 Å². The molecule has 0 aromatic carbocycles. The first-order valence-electron chi connectivity index (χ1n) is 8.61. The maximum Gasteiger partial charge on any atom is 0.0854 e. The maximum atomic E-state index is 4.78. The summed E-state index contributed by atoms with van der Waals surface area (Å²) in [7, 11) is 0. The molecule has 0 N–H and O–H groups in total. The quantitative estimate of drug-likeness (QED) is 0.858. The van der Waals surface area contributed by atoms with Gasteiger partial charge in [0.2, 0.25) is 0 Å². The SMILES string of the molecule is C(=C1CCCN=C1c1cccnc1)c1ccn(C2CCCC2)n1. The Kier molecular flexibility index (Phi) is 4.05. The van der Waals surface area contributed by atoms with Gasteiger partial charge in [-0.25, -0.2) is 0 Å². The van der Waals surface area contributed by atoms with E-state index in [-0.39, 0.29) is 0 Å². The number of aromatic nitrogens is 3. The molecule has 4 rings (SSSR count). The number of aliphatic imine (C=N–C) groups is 1. The van der Waals surface area contributed by atoms with Crippen LogP contribution >= 0.6 is 0 Å². The van der Waals surface area contributed by atoms with Crippen LogP contribution in [0.4, 0.5) is 0 Å². The van der Waals surface area contributed by atoms with Gasteiger partial charge >= 0.3 is 0 Å². The summed E-state index contributed by atoms with van der Waals surface area (Å²) in [6.45, 7) is 0.901. The van der Waals surface area contributed by atoms with Crippen LogP contribution in [0.15, 0.2) is 47.4 Å². The zero-order chi connectivity index (χ0) is 15.5. The number of nitrogens with zero attached hydrogens (tertiary/aromatic N) is 4. The molecule has 0 amide bonds. The Morgan fingerprint density at radius 1 is 1.13 bits per heavy atom. The molecule has 23 heavy (non-hydrogen) atoms. The number of hydrogen-bond donors (Lipinski definition) is 0. The molecular formula is C19H22N4. The second-order valence-electron chi connectivity index (χ2n) is 6.40. The second kappa shape index (κ2) is 6.49. The van der Waals surface area contributed by atoms with Gasteiger partial charge in [0.25, 0.3) is 0 Å². The third-order valence-electron chi connectivity index (χ3n) is 4.76. The van der Waals surface area contributed by atoms with E-state index in [9.17, 15) is 0 Å². The summed E-state index contributed by atoms with van der Waals surface area (Å²) < 4.78 is 2.16. The largest absolute Gasteiger partial charge is 0.284 e. The fourth-order valence-corrected chi connectivity index (χ4v) is 3.58. The van der Waals surface area contributed by atoms with Gasteiger partial charge in [0.05, 0.1) is 17.4 Å². The first-order valence-corrected chi connectivity index (χ1v) is 8.61. The first kappa shape index (κ1) is 14.4. The molecule has 4 nitrogen and oxygen atoms in total. The molecule has 1 aliphatic heterocycles. The predicted octanol–water partition coefficient (Wildman–Crippen LogP) is 4.06. The average molecular weight is 306 g/mol. The van der Waals surface area contributed by atoms with Gasteiger partial charge in [-0.1, -0.05) is 12.8 Å². The van der Waals surface area contributed by atoms with Crippen molar-refractivity contribution in [3.05, 3.63) is 53.6 Å². The average Bonchev–Trinajstić information content (AvgIpc) is 3.27. The molecule has 1 saturated carbocycles. The Hall–Kier alpha value is -2.23. The topological polar surface area (TPSA) is 43.1 Å². The summed E-state index contributed by atoms with van der Waals surface area (Å²) in [5.74, 6) is 0. The van der Waals surface area contributed by atoms with Gasteiger partial charge < -0.3 is 0 Å². The van der Waals surface area contributed by atoms with Crippen molar-refractivity contribution in [3.8, 4) is 0 Å². The summed E-state index contributed by atoms with van der Waals surface area (Å²) in [4.78, 5) is 8.97. The molecule has 0 spiro atoms. The normalized spacial score (nSPS) is 20.9. The Labute approximate surface area is 137 Å². The van der Waals surface area contributed by atoms with Crippen LogP contribution < -0.4 is 0 Å². The fourth-order valence-electron chi connectivity index (χ4n) is 3.58. The molecule has 4 heteroatoms. The molecule has 118 valence electrons. The van der Waals surface area contributed by atoms with Crippen molar-refractivity contribution in [3.63, 3.8) is 0 Å². The number of allylic oxidation sites excluding steroid dienone is 1. The molecule has 1 aliphatic carbocycles. The highest BCUT2D eigenvalue weighted by Gasteiger charge is 2.18. The van der Waals surface area contributed by atoms with E-state index >= 15 is 0 Å². The summed E-state index contributed by atoms with van der Waals surface area (Å²) in [6.07, 6.45) is 15.4. The molecule has 0 radical (unpaired) electrons. The highest BCUT2D eigenvalue weighted by molar-refractivity contribution is 6.15. The van der Waals surface area contributed by atoms with E-state index in [4.69, 9.17) is 10.1 Å². The van der Waals surface area contributed by atoms with E-state index in [1.165, 1.54) is 31.3 Å². The van der Waals surface area contributed by atoms with Crippen LogP contribution in [0.25, 0.3) is 6.08 Å². The van der Waals surface area contributed by atoms with Crippen LogP contribution in [0.5, 0.6) is 0 Å². The standard InChI is InChI=1S/C19H22N4/c1-2-8-18(7-1)23-12-9-17(22-23)13-15-5-4-11-21-19(15)16-6-3-10-20-14-16/h3,6,9-10,12-14,18H,1-2,4-5,7-8,11H2. The lowest BCUT2D eigenvalue weighted by molar-refractivity contribution is 0.466. The van der Waals surface area contributed by atoms with E-state index in [2.05, 4.69) is 34.1 Å². The lowest BCUT2D eigenvalue weighted by Gasteiger charge is -2.15. The molecule has 0 unspecified atom stereocenters. The van der Waals surface area contributed by atoms with Gasteiger partial charge in [0.1, 0.15) is 0 Å². The van der Waals surface area contributed by atoms with Gasteiger partial charge in [-0.2, -0.15) is 5.10 Å². The van der Waals surface area contributed by atoms with E-state index in [1.54, 1.807) is 6.20 Å². The van der Waals surface area contributed by atoms with Crippen molar-refractivity contribution in [2.24, 2.45) is 4.99 Å². The highest BCUT2D eigenvalue weighted by atomic mass is 15.3. The lowest BCUT2D eigenvalue weighted by Crippen LogP contribution is -2.12. The van der Waals surface area contributed by atoms with Crippen molar-refractivity contribution in [1.29, 1.82) is 0 Å². The summed E-state index contributed by atoms with van der Waals surface area (Å²) in [6, 6.07) is 6.78. The van der Waals surface area contributed by atoms with Crippen molar-refractivity contribution in [2.75, 3.05) is 6.54 Å². The van der Waals surface area contributed by atoms with Gasteiger partial charge in [-0.15, -0.1) is 0 Å². The molecule has 2 aliphatic rings. The summed E-state index contributed by atoms with van der Waals surface area (Å²) in [5, 5.41) is 4.78. The monoisotopic (exact) mass is 306 g/mol. The van der Waals surface area contributed by atoms with Gasteiger partial charge in [0.15, 0.2) is 0 Å². The van der Waals surface area contributed by atoms with Crippen LogP contribution in [-0.2, 0) is 0 Å². The smallest absolute Gasteiger partial charge is 0.0854 e. The molecule has 2 aromatic heterocycles. The number of hydrogen-bond acceptors (Lipinski definition) is 3. The first-order chi connectivity index (χ1) is 11.4. The van der Waals surface area contributed by atoms with Crippen molar-refractivity contribution in [2.45, 2.75) is 44.6 Å². The Bertz CT molecular complexity index is 721. The summed E-state index contributed by atoms with van der Waals surface area (Å²) >= 11 is 0. The molecular weight excluding hydrogens is 284 g/mol. The number of pyridine rings is 1. The fraction of sp³-hybridized carbons (Fsp3) is 0.421. The molecule has 0 bridgehead atoms. The van der Waals surface area contributed by atoms with Crippen molar-refractivity contribution >= 4 is 11.8 Å². The number of rotatable bonds is 3. The van der Waals surface area contributed by atoms with E-state index in [0.29, 0.717) is 6.04 Å². The second-order valence-corrected chi connectivity index (χ2v) is 6.40. The van der Waals surface area contributed by atoms with Crippen LogP contribution in [0.2, 0.25) is 0 Å². The third kappa shape index (κ3) is 3.11. The molecule has 0 saturated heterocycles. The van der Waals surface area contributed by atoms with Crippen LogP contribution in [-0.4, -0.2) is 27.0 Å². The minimum Gasteiger partial charge on any atom is -0.284 e. The van der Waals surface area contributed by atoms with E-state index in [1.807, 2.05) is 12.3 Å². The van der Waals surface area contributed by atoms with Crippen LogP contribution in [0, 0.1) is 0 Å². The van der Waals surface area contributed by atoms with Gasteiger partial charge in [-0.3, -0.25) is 14.7 Å². The third-order valence-corrected chi connectivity index (χ3v) is 4.76. The molecule has 1 fully saturated rings. The molecule has 0 atom stereocenters. The minimum atomic E-state index is 0.597. The van der Waals surface area contributed by atoms with E-state index < -0.39 is 0 Å². The molecule has 3 heterocycles. The molecule has 2 aromatic rings. The summed E-state index contributed by atoms with van der Waals surface area (Å²) in [5.41, 5.74) is 4.51. The Balaban J connectivity index is 1.61. The lowest BCUT2D eigenvalue weighted by atomic mass is 9.96. The van der Waals surface area contributed by atoms with Crippen LogP contribution in [0.1, 0.15) is 55.8 Å². The van der Waals surface area contributed by atoms with Gasteiger partial charge in [0, 0.05) is 30.7 Å². The Morgan fingerprint density at radius 3 is 2.87 bits per heavy atom. The van der Waals surface area contributed by atoms with Gasteiger partial charge in [-0.05, 0) is 55.5 Å². The minimum absolute atomic E-state index is 0.597. The highest BCUT2D eigenvalue weighted by Crippen LogP contribution is 2.29. The van der Waals surface area contributed by atoms with E-state index in [0.717, 1.165) is 36.4 Å². The van der Waals surface area contributed by atoms with Crippen molar-refractivity contribution < 1.29 is 0 Å². The zero-order valence-electron chi connectivity index (χ0n) is 13.4. The predicted molar refractivity (Wildman–Crippen MR) is 92.6 cm³/mol. The maximum absolute atomic E-state index is 4.78. The Morgan fingerprint density at radius 2 is 2.04 bits per heavy atom. The van der Waals surface area contributed by atoms with Crippen molar-refractivity contribution in [1.82, 2.24) is 14.8 Å².